The van der Waals surface area contributed by atoms with Crippen LogP contribution in [0.5, 0.6) is 0 Å². The topological polar surface area (TPSA) is 104 Å². The minimum Gasteiger partial charge on any atom is -0.337 e. The van der Waals surface area contributed by atoms with Crippen LogP contribution in [0.2, 0.25) is 0 Å². The van der Waals surface area contributed by atoms with Crippen LogP contribution in [0.25, 0.3) is 0 Å². The summed E-state index contributed by atoms with van der Waals surface area (Å²) in [7, 11) is 1.68. The van der Waals surface area contributed by atoms with E-state index in [0.29, 0.717) is 30.9 Å². The Morgan fingerprint density at radius 3 is 2.97 bits per heavy atom. The number of hydrogen-bond donors (Lipinski definition) is 2. The second kappa shape index (κ2) is 8.95. The first kappa shape index (κ1) is 20.7. The standard InChI is InChI=1S/C20H24N6O2S/c1-5-6-7-8-12(2)11-16-23-17(25-24-16)19(27)22-14-9-10-15-18(21-13(3)29-15)26(4)20(14)28/h5-8,14H,2,9-11H2,1,3-4H3,(H,22,27)(H,23,24,25)/b6-5-,8-7-/t14-/m1/s1. The molecule has 3 heterocycles. The molecule has 152 valence electrons. The number of allylic oxidation sites excluding steroid dienone is 5. The maximum atomic E-state index is 12.8. The Bertz CT molecular complexity index is 987. The van der Waals surface area contributed by atoms with Gasteiger partial charge in [0.2, 0.25) is 5.82 Å². The number of aromatic amines is 1. The van der Waals surface area contributed by atoms with Crippen molar-refractivity contribution >= 4 is 29.0 Å². The molecule has 0 spiro atoms. The highest BCUT2D eigenvalue weighted by Crippen LogP contribution is 2.30. The van der Waals surface area contributed by atoms with E-state index in [0.717, 1.165) is 15.5 Å². The van der Waals surface area contributed by atoms with E-state index in [2.05, 4.69) is 32.1 Å². The van der Waals surface area contributed by atoms with E-state index in [9.17, 15) is 9.59 Å². The molecule has 1 aliphatic heterocycles. The van der Waals surface area contributed by atoms with Crippen LogP contribution < -0.4 is 10.2 Å². The van der Waals surface area contributed by atoms with Crippen molar-refractivity contribution in [3.8, 4) is 0 Å². The van der Waals surface area contributed by atoms with Crippen molar-refractivity contribution in [3.63, 3.8) is 0 Å². The first-order chi connectivity index (χ1) is 13.9. The Morgan fingerprint density at radius 1 is 1.41 bits per heavy atom. The molecule has 2 aromatic rings. The number of aryl methyl sites for hydroxylation is 2. The molecule has 1 aliphatic rings. The van der Waals surface area contributed by atoms with E-state index in [1.165, 1.54) is 4.90 Å². The minimum atomic E-state index is -0.638. The maximum Gasteiger partial charge on any atom is 0.289 e. The summed E-state index contributed by atoms with van der Waals surface area (Å²) in [6.07, 6.45) is 9.22. The Kier molecular flexibility index (Phi) is 6.38. The largest absolute Gasteiger partial charge is 0.337 e. The SMILES string of the molecule is C=C(/C=C\C=C/C)Cc1nnc(C(=O)N[C@@H]2CCc3sc(C)nc3N(C)C2=O)[nH]1. The third-order valence-corrected chi connectivity index (χ3v) is 5.49. The number of rotatable bonds is 6. The molecule has 0 saturated heterocycles. The van der Waals surface area contributed by atoms with Crippen molar-refractivity contribution in [2.45, 2.75) is 39.2 Å². The van der Waals surface area contributed by atoms with Crippen molar-refractivity contribution in [1.82, 2.24) is 25.5 Å². The Morgan fingerprint density at radius 2 is 2.21 bits per heavy atom. The van der Waals surface area contributed by atoms with Crippen molar-refractivity contribution in [2.24, 2.45) is 0 Å². The fourth-order valence-corrected chi connectivity index (χ4v) is 4.02. The third kappa shape index (κ3) is 4.86. The van der Waals surface area contributed by atoms with E-state index < -0.39 is 11.9 Å². The number of anilines is 1. The average Bonchev–Trinajstić information content (AvgIpc) is 3.28. The summed E-state index contributed by atoms with van der Waals surface area (Å²) in [5.74, 6) is 0.649. The van der Waals surface area contributed by atoms with Crippen LogP contribution in [-0.2, 0) is 17.6 Å². The Labute approximate surface area is 173 Å². The van der Waals surface area contributed by atoms with Gasteiger partial charge in [0, 0.05) is 18.3 Å². The molecule has 2 amide bonds. The molecule has 1 atom stereocenters. The number of likely N-dealkylation sites (N-methyl/N-ethyl adjacent to an activating group) is 1. The van der Waals surface area contributed by atoms with Crippen molar-refractivity contribution in [3.05, 3.63) is 58.0 Å². The number of nitrogens with one attached hydrogen (secondary N) is 2. The zero-order chi connectivity index (χ0) is 21.0. The quantitative estimate of drug-likeness (QED) is 0.710. The van der Waals surface area contributed by atoms with Crippen LogP contribution in [0, 0.1) is 6.92 Å². The van der Waals surface area contributed by atoms with Gasteiger partial charge in [-0.1, -0.05) is 30.9 Å². The number of aromatic nitrogens is 4. The van der Waals surface area contributed by atoms with Gasteiger partial charge in [-0.05, 0) is 32.3 Å². The average molecular weight is 413 g/mol. The van der Waals surface area contributed by atoms with E-state index in [1.54, 1.807) is 18.4 Å². The van der Waals surface area contributed by atoms with Gasteiger partial charge in [0.1, 0.15) is 17.7 Å². The van der Waals surface area contributed by atoms with Crippen LogP contribution in [-0.4, -0.2) is 45.1 Å². The molecule has 0 bridgehead atoms. The van der Waals surface area contributed by atoms with Gasteiger partial charge in [0.15, 0.2) is 0 Å². The zero-order valence-corrected chi connectivity index (χ0v) is 17.5. The van der Waals surface area contributed by atoms with Crippen molar-refractivity contribution < 1.29 is 9.59 Å². The summed E-state index contributed by atoms with van der Waals surface area (Å²) in [6.45, 7) is 7.81. The summed E-state index contributed by atoms with van der Waals surface area (Å²) < 4.78 is 0. The lowest BCUT2D eigenvalue weighted by Crippen LogP contribution is -2.47. The number of thiazole rings is 1. The molecule has 29 heavy (non-hydrogen) atoms. The van der Waals surface area contributed by atoms with E-state index in [1.807, 2.05) is 38.2 Å². The summed E-state index contributed by atoms with van der Waals surface area (Å²) in [5.41, 5.74) is 0.834. The molecule has 8 nitrogen and oxygen atoms in total. The molecule has 0 fully saturated rings. The third-order valence-electron chi connectivity index (χ3n) is 4.47. The second-order valence-electron chi connectivity index (χ2n) is 6.78. The van der Waals surface area contributed by atoms with Gasteiger partial charge in [-0.2, -0.15) is 0 Å². The number of nitrogens with zero attached hydrogens (tertiary/aromatic N) is 4. The number of hydrogen-bond acceptors (Lipinski definition) is 6. The fourth-order valence-electron chi connectivity index (χ4n) is 3.04. The van der Waals surface area contributed by atoms with Gasteiger partial charge in [-0.3, -0.25) is 14.5 Å². The van der Waals surface area contributed by atoms with Crippen LogP contribution in [0.15, 0.2) is 36.5 Å². The molecule has 2 aromatic heterocycles. The normalized spacial score (nSPS) is 17.0. The van der Waals surface area contributed by atoms with Gasteiger partial charge in [0.05, 0.1) is 5.01 Å². The molecule has 9 heteroatoms. The minimum absolute atomic E-state index is 0.0775. The number of amides is 2. The van der Waals surface area contributed by atoms with Gasteiger partial charge in [-0.25, -0.2) is 4.98 Å². The van der Waals surface area contributed by atoms with Gasteiger partial charge < -0.3 is 10.3 Å². The molecule has 0 radical (unpaired) electrons. The molecule has 0 unspecified atom stereocenters. The second-order valence-corrected chi connectivity index (χ2v) is 8.07. The first-order valence-electron chi connectivity index (χ1n) is 9.32. The van der Waals surface area contributed by atoms with Crippen LogP contribution in [0.4, 0.5) is 5.82 Å². The van der Waals surface area contributed by atoms with E-state index in [4.69, 9.17) is 0 Å². The van der Waals surface area contributed by atoms with E-state index >= 15 is 0 Å². The van der Waals surface area contributed by atoms with Crippen molar-refractivity contribution in [1.29, 1.82) is 0 Å². The molecule has 0 saturated carbocycles. The Balaban J connectivity index is 1.63. The molecular weight excluding hydrogens is 388 g/mol. The highest BCUT2D eigenvalue weighted by molar-refractivity contribution is 7.12. The summed E-state index contributed by atoms with van der Waals surface area (Å²) >= 11 is 1.58. The monoisotopic (exact) mass is 412 g/mol. The highest BCUT2D eigenvalue weighted by atomic mass is 32.1. The molecule has 2 N–H and O–H groups in total. The smallest absolute Gasteiger partial charge is 0.289 e. The summed E-state index contributed by atoms with van der Waals surface area (Å²) in [6, 6.07) is -0.638. The Hall–Kier alpha value is -3.07. The highest BCUT2D eigenvalue weighted by Gasteiger charge is 2.32. The fraction of sp³-hybridized carbons (Fsp3) is 0.350. The first-order valence-corrected chi connectivity index (χ1v) is 10.1. The molecule has 0 aliphatic carbocycles. The summed E-state index contributed by atoms with van der Waals surface area (Å²) in [5, 5.41) is 11.6. The lowest BCUT2D eigenvalue weighted by molar-refractivity contribution is -0.120. The van der Waals surface area contributed by atoms with Crippen molar-refractivity contribution in [2.75, 3.05) is 11.9 Å². The van der Waals surface area contributed by atoms with Gasteiger partial charge in [-0.15, -0.1) is 21.5 Å². The molecule has 0 aromatic carbocycles. The number of fused-ring (bicyclic) bond motifs is 1. The van der Waals surface area contributed by atoms with Crippen LogP contribution in [0.3, 0.4) is 0 Å². The lowest BCUT2D eigenvalue weighted by Gasteiger charge is -2.20. The molecule has 3 rings (SSSR count). The summed E-state index contributed by atoms with van der Waals surface area (Å²) in [4.78, 5) is 35.3. The maximum absolute atomic E-state index is 12.8. The predicted molar refractivity (Wildman–Crippen MR) is 113 cm³/mol. The zero-order valence-electron chi connectivity index (χ0n) is 16.7. The van der Waals surface area contributed by atoms with Crippen LogP contribution >= 0.6 is 11.3 Å². The number of carbonyl (C=O) groups excluding carboxylic acids is 2. The number of H-pyrrole nitrogens is 1. The predicted octanol–water partition coefficient (Wildman–Crippen LogP) is 2.51. The number of carbonyl (C=O) groups is 2. The van der Waals surface area contributed by atoms with E-state index in [-0.39, 0.29) is 11.7 Å². The van der Waals surface area contributed by atoms with Crippen LogP contribution in [0.1, 0.15) is 39.7 Å². The van der Waals surface area contributed by atoms with Gasteiger partial charge >= 0.3 is 0 Å². The van der Waals surface area contributed by atoms with Gasteiger partial charge in [0.25, 0.3) is 11.8 Å². The lowest BCUT2D eigenvalue weighted by atomic mass is 10.1. The molecular formula is C20H24N6O2S.